The summed E-state index contributed by atoms with van der Waals surface area (Å²) in [5.41, 5.74) is 0. The maximum absolute atomic E-state index is 11.3. The van der Waals surface area contributed by atoms with Crippen LogP contribution in [0.1, 0.15) is 19.3 Å². The highest BCUT2D eigenvalue weighted by Gasteiger charge is 2.21. The van der Waals surface area contributed by atoms with Crippen molar-refractivity contribution in [3.63, 3.8) is 0 Å². The van der Waals surface area contributed by atoms with Crippen LogP contribution in [0.2, 0.25) is 0 Å². The summed E-state index contributed by atoms with van der Waals surface area (Å²) in [6, 6.07) is 3.02. The summed E-state index contributed by atoms with van der Waals surface area (Å²) < 4.78 is 22.5. The number of nitrogens with one attached hydrogen (secondary N) is 1. The van der Waals surface area contributed by atoms with Crippen LogP contribution in [0.5, 0.6) is 0 Å². The molecule has 6 heteroatoms. The molecule has 3 N–H and O–H groups in total. The highest BCUT2D eigenvalue weighted by molar-refractivity contribution is 7.89. The summed E-state index contributed by atoms with van der Waals surface area (Å²) in [6.07, 6.45) is 5.17. The zero-order valence-corrected chi connectivity index (χ0v) is 9.70. The lowest BCUT2D eigenvalue weighted by Gasteiger charge is -2.08. The number of nitrogens with two attached hydrogens (primary N) is 1. The highest BCUT2D eigenvalue weighted by atomic mass is 32.2. The van der Waals surface area contributed by atoms with Gasteiger partial charge >= 0.3 is 0 Å². The van der Waals surface area contributed by atoms with Crippen LogP contribution in [0, 0.1) is 5.92 Å². The lowest BCUT2D eigenvalue weighted by atomic mass is 10.3. The lowest BCUT2D eigenvalue weighted by Crippen LogP contribution is -2.16. The second-order valence-corrected chi connectivity index (χ2v) is 5.58. The molecule has 0 amide bonds. The predicted octanol–water partition coefficient (Wildman–Crippen LogP) is 0.941. The van der Waals surface area contributed by atoms with Crippen LogP contribution in [0.25, 0.3) is 0 Å². The van der Waals surface area contributed by atoms with Crippen LogP contribution in [0.4, 0.5) is 5.82 Å². The van der Waals surface area contributed by atoms with E-state index in [0.29, 0.717) is 5.82 Å². The molecule has 1 heterocycles. The van der Waals surface area contributed by atoms with Crippen LogP contribution in [-0.2, 0) is 10.0 Å². The van der Waals surface area contributed by atoms with Gasteiger partial charge in [-0.05, 0) is 24.5 Å². The molecule has 0 radical (unpaired) electrons. The SMILES string of the molecule is NS(=O)(=O)c1cccnc1NCCC1CC1. The quantitative estimate of drug-likeness (QED) is 0.803. The largest absolute Gasteiger partial charge is 0.369 e. The van der Waals surface area contributed by atoms with E-state index >= 15 is 0 Å². The van der Waals surface area contributed by atoms with Gasteiger partial charge in [0.15, 0.2) is 0 Å². The zero-order valence-electron chi connectivity index (χ0n) is 8.89. The number of aromatic nitrogens is 1. The van der Waals surface area contributed by atoms with E-state index in [1.807, 2.05) is 0 Å². The molecule has 0 spiro atoms. The minimum Gasteiger partial charge on any atom is -0.369 e. The van der Waals surface area contributed by atoms with Gasteiger partial charge in [0, 0.05) is 12.7 Å². The molecule has 1 aliphatic carbocycles. The maximum atomic E-state index is 11.3. The van der Waals surface area contributed by atoms with E-state index in [0.717, 1.165) is 18.9 Å². The Morgan fingerprint density at radius 1 is 1.50 bits per heavy atom. The fourth-order valence-electron chi connectivity index (χ4n) is 1.55. The van der Waals surface area contributed by atoms with Crippen LogP contribution >= 0.6 is 0 Å². The van der Waals surface area contributed by atoms with Gasteiger partial charge in [0.25, 0.3) is 0 Å². The van der Waals surface area contributed by atoms with E-state index < -0.39 is 10.0 Å². The molecule has 1 aromatic heterocycles. The van der Waals surface area contributed by atoms with Gasteiger partial charge in [-0.1, -0.05) is 12.8 Å². The summed E-state index contributed by atoms with van der Waals surface area (Å²) in [5.74, 6) is 1.15. The van der Waals surface area contributed by atoms with Gasteiger partial charge in [0.2, 0.25) is 10.0 Å². The maximum Gasteiger partial charge on any atom is 0.241 e. The van der Waals surface area contributed by atoms with Crippen LogP contribution in [-0.4, -0.2) is 19.9 Å². The van der Waals surface area contributed by atoms with E-state index in [4.69, 9.17) is 5.14 Å². The van der Waals surface area contributed by atoms with E-state index in [2.05, 4.69) is 10.3 Å². The Labute approximate surface area is 95.1 Å². The number of pyridine rings is 1. The Hall–Kier alpha value is -1.14. The summed E-state index contributed by atoms with van der Waals surface area (Å²) in [5, 5.41) is 8.11. The van der Waals surface area contributed by atoms with Crippen LogP contribution in [0.15, 0.2) is 23.2 Å². The number of rotatable bonds is 5. The molecule has 2 rings (SSSR count). The Morgan fingerprint density at radius 2 is 2.25 bits per heavy atom. The van der Waals surface area contributed by atoms with Crippen molar-refractivity contribution in [2.24, 2.45) is 11.1 Å². The smallest absolute Gasteiger partial charge is 0.241 e. The second kappa shape index (κ2) is 4.39. The minimum atomic E-state index is -3.69. The molecule has 1 saturated carbocycles. The molecule has 0 aliphatic heterocycles. The molecule has 0 aromatic carbocycles. The number of hydrogen-bond acceptors (Lipinski definition) is 4. The second-order valence-electron chi connectivity index (χ2n) is 4.05. The van der Waals surface area contributed by atoms with Crippen molar-refractivity contribution in [2.45, 2.75) is 24.2 Å². The monoisotopic (exact) mass is 241 g/mol. The van der Waals surface area contributed by atoms with Gasteiger partial charge in [-0.2, -0.15) is 0 Å². The van der Waals surface area contributed by atoms with Crippen molar-refractivity contribution in [1.82, 2.24) is 4.98 Å². The van der Waals surface area contributed by atoms with E-state index in [1.54, 1.807) is 12.3 Å². The fourth-order valence-corrected chi connectivity index (χ4v) is 2.22. The third-order valence-electron chi connectivity index (χ3n) is 2.62. The summed E-state index contributed by atoms with van der Waals surface area (Å²) in [7, 11) is -3.69. The number of anilines is 1. The normalized spacial score (nSPS) is 16.1. The molecule has 0 saturated heterocycles. The Kier molecular flexibility index (Phi) is 3.11. The van der Waals surface area contributed by atoms with Crippen molar-refractivity contribution < 1.29 is 8.42 Å². The minimum absolute atomic E-state index is 0.0609. The molecular weight excluding hydrogens is 226 g/mol. The van der Waals surface area contributed by atoms with Gasteiger partial charge in [-0.25, -0.2) is 18.5 Å². The van der Waals surface area contributed by atoms with Crippen molar-refractivity contribution >= 4 is 15.8 Å². The number of sulfonamides is 1. The molecule has 1 aliphatic rings. The predicted molar refractivity (Wildman–Crippen MR) is 61.4 cm³/mol. The first-order chi connectivity index (χ1) is 7.57. The van der Waals surface area contributed by atoms with Gasteiger partial charge < -0.3 is 5.32 Å². The number of nitrogens with zero attached hydrogens (tertiary/aromatic N) is 1. The van der Waals surface area contributed by atoms with Crippen LogP contribution < -0.4 is 10.5 Å². The van der Waals surface area contributed by atoms with Gasteiger partial charge in [0.05, 0.1) is 0 Å². The molecule has 1 aromatic rings. The van der Waals surface area contributed by atoms with Crippen molar-refractivity contribution in [1.29, 1.82) is 0 Å². The molecule has 0 unspecified atom stereocenters. The van der Waals surface area contributed by atoms with E-state index in [9.17, 15) is 8.42 Å². The standard InChI is InChI=1S/C10H15N3O2S/c11-16(14,15)9-2-1-6-12-10(9)13-7-5-8-3-4-8/h1-2,6,8H,3-5,7H2,(H,12,13)(H2,11,14,15). The first-order valence-electron chi connectivity index (χ1n) is 5.29. The van der Waals surface area contributed by atoms with Crippen molar-refractivity contribution in [3.05, 3.63) is 18.3 Å². The molecular formula is C10H15N3O2S. The molecule has 0 atom stereocenters. The zero-order chi connectivity index (χ0) is 11.6. The average molecular weight is 241 g/mol. The van der Waals surface area contributed by atoms with E-state index in [1.165, 1.54) is 18.9 Å². The summed E-state index contributed by atoms with van der Waals surface area (Å²) in [4.78, 5) is 4.05. The van der Waals surface area contributed by atoms with Gasteiger partial charge in [0.1, 0.15) is 10.7 Å². The van der Waals surface area contributed by atoms with E-state index in [-0.39, 0.29) is 4.90 Å². The molecule has 16 heavy (non-hydrogen) atoms. The third-order valence-corrected chi connectivity index (χ3v) is 3.56. The number of primary sulfonamides is 1. The fraction of sp³-hybridized carbons (Fsp3) is 0.500. The lowest BCUT2D eigenvalue weighted by molar-refractivity contribution is 0.597. The molecule has 1 fully saturated rings. The van der Waals surface area contributed by atoms with Gasteiger partial charge in [-0.15, -0.1) is 0 Å². The summed E-state index contributed by atoms with van der Waals surface area (Å²) in [6.45, 7) is 0.740. The molecule has 0 bridgehead atoms. The first-order valence-corrected chi connectivity index (χ1v) is 6.83. The average Bonchev–Trinajstić information content (AvgIpc) is 3.01. The Balaban J connectivity index is 2.06. The van der Waals surface area contributed by atoms with Crippen molar-refractivity contribution in [2.75, 3.05) is 11.9 Å². The highest BCUT2D eigenvalue weighted by Crippen LogP contribution is 2.32. The van der Waals surface area contributed by atoms with Crippen LogP contribution in [0.3, 0.4) is 0 Å². The van der Waals surface area contributed by atoms with Gasteiger partial charge in [-0.3, -0.25) is 0 Å². The third kappa shape index (κ3) is 2.93. The number of hydrogen-bond donors (Lipinski definition) is 2. The van der Waals surface area contributed by atoms with Crippen molar-refractivity contribution in [3.8, 4) is 0 Å². The summed E-state index contributed by atoms with van der Waals surface area (Å²) >= 11 is 0. The molecule has 88 valence electrons. The topological polar surface area (TPSA) is 85.1 Å². The molecule has 5 nitrogen and oxygen atoms in total. The first kappa shape index (κ1) is 11.3. The Morgan fingerprint density at radius 3 is 2.88 bits per heavy atom. The Bertz CT molecular complexity index is 469.